The van der Waals surface area contributed by atoms with Gasteiger partial charge in [0.1, 0.15) is 5.82 Å². The van der Waals surface area contributed by atoms with Crippen LogP contribution in [0, 0.1) is 12.8 Å². The van der Waals surface area contributed by atoms with E-state index in [1.807, 2.05) is 18.3 Å². The van der Waals surface area contributed by atoms with Gasteiger partial charge in [-0.3, -0.25) is 0 Å². The van der Waals surface area contributed by atoms with Crippen molar-refractivity contribution in [3.8, 4) is 11.5 Å². The summed E-state index contributed by atoms with van der Waals surface area (Å²) in [6.45, 7) is 4.98. The van der Waals surface area contributed by atoms with Gasteiger partial charge in [0.05, 0.1) is 20.4 Å². The Kier molecular flexibility index (Phi) is 4.83. The molecular weight excluding hydrogens is 342 g/mol. The fourth-order valence-corrected chi connectivity index (χ4v) is 3.91. The first kappa shape index (κ1) is 17.6. The van der Waals surface area contributed by atoms with E-state index in [1.54, 1.807) is 20.4 Å². The molecule has 3 aromatic rings. The van der Waals surface area contributed by atoms with Crippen molar-refractivity contribution in [2.24, 2.45) is 5.92 Å². The zero-order valence-corrected chi connectivity index (χ0v) is 16.1. The molecule has 1 fully saturated rings. The Morgan fingerprint density at radius 2 is 2.00 bits per heavy atom. The predicted octanol–water partition coefficient (Wildman–Crippen LogP) is 3.07. The number of piperidine rings is 1. The molecule has 0 bridgehead atoms. The van der Waals surface area contributed by atoms with Crippen molar-refractivity contribution in [3.05, 3.63) is 36.5 Å². The molecule has 4 rings (SSSR count). The van der Waals surface area contributed by atoms with Gasteiger partial charge in [-0.2, -0.15) is 5.10 Å². The number of aromatic nitrogens is 4. The van der Waals surface area contributed by atoms with Gasteiger partial charge in [0.15, 0.2) is 17.3 Å². The summed E-state index contributed by atoms with van der Waals surface area (Å²) in [4.78, 5) is 6.69. The number of methoxy groups -OCH3 is 2. The molecule has 142 valence electrons. The summed E-state index contributed by atoms with van der Waals surface area (Å²) in [5, 5.41) is 10.7. The lowest BCUT2D eigenvalue weighted by Gasteiger charge is -2.34. The van der Waals surface area contributed by atoms with Crippen molar-refractivity contribution in [1.82, 2.24) is 19.7 Å². The van der Waals surface area contributed by atoms with Crippen LogP contribution in [0.1, 0.15) is 18.7 Å². The van der Waals surface area contributed by atoms with E-state index in [-0.39, 0.29) is 0 Å². The number of hydrogen-bond donors (Lipinski definition) is 0. The lowest BCUT2D eigenvalue weighted by Crippen LogP contribution is -2.37. The number of nitrogens with zero attached hydrogens (tertiary/aromatic N) is 5. The summed E-state index contributed by atoms with van der Waals surface area (Å²) < 4.78 is 13.1. The van der Waals surface area contributed by atoms with Crippen molar-refractivity contribution < 1.29 is 9.47 Å². The Morgan fingerprint density at radius 1 is 1.19 bits per heavy atom. The second-order valence-corrected chi connectivity index (χ2v) is 7.04. The second kappa shape index (κ2) is 7.42. The average molecular weight is 367 g/mol. The van der Waals surface area contributed by atoms with Gasteiger partial charge in [0, 0.05) is 42.8 Å². The van der Waals surface area contributed by atoms with E-state index < -0.39 is 0 Å². The second-order valence-electron chi connectivity index (χ2n) is 7.04. The third kappa shape index (κ3) is 3.41. The number of imidazole rings is 1. The molecule has 0 radical (unpaired) electrons. The lowest BCUT2D eigenvalue weighted by molar-refractivity contribution is 0.355. The van der Waals surface area contributed by atoms with E-state index in [0.717, 1.165) is 48.5 Å². The fourth-order valence-electron chi connectivity index (χ4n) is 3.91. The van der Waals surface area contributed by atoms with Crippen LogP contribution in [0.25, 0.3) is 10.8 Å². The Morgan fingerprint density at radius 3 is 2.74 bits per heavy atom. The summed E-state index contributed by atoms with van der Waals surface area (Å²) in [5.74, 6) is 3.95. The largest absolute Gasteiger partial charge is 0.493 e. The van der Waals surface area contributed by atoms with Gasteiger partial charge in [0.25, 0.3) is 0 Å². The fraction of sp³-hybridized carbons (Fsp3) is 0.450. The number of fused-ring (bicyclic) bond motifs is 1. The van der Waals surface area contributed by atoms with E-state index in [1.165, 1.54) is 6.42 Å². The molecule has 0 N–H and O–H groups in total. The number of benzene rings is 1. The van der Waals surface area contributed by atoms with Crippen LogP contribution < -0.4 is 14.4 Å². The van der Waals surface area contributed by atoms with Crippen LogP contribution in [0.15, 0.2) is 30.7 Å². The minimum Gasteiger partial charge on any atom is -0.493 e. The summed E-state index contributed by atoms with van der Waals surface area (Å²) in [6.07, 6.45) is 8.05. The molecule has 0 spiro atoms. The normalized spacial score (nSPS) is 17.3. The van der Waals surface area contributed by atoms with Gasteiger partial charge in [-0.25, -0.2) is 4.98 Å². The summed E-state index contributed by atoms with van der Waals surface area (Å²) in [5.41, 5.74) is 0. The zero-order chi connectivity index (χ0) is 18.8. The molecule has 7 heteroatoms. The van der Waals surface area contributed by atoms with Crippen molar-refractivity contribution >= 4 is 16.6 Å². The van der Waals surface area contributed by atoms with Gasteiger partial charge in [-0.15, -0.1) is 5.10 Å². The smallest absolute Gasteiger partial charge is 0.161 e. The highest BCUT2D eigenvalue weighted by atomic mass is 16.5. The first-order chi connectivity index (χ1) is 13.2. The maximum Gasteiger partial charge on any atom is 0.161 e. The van der Waals surface area contributed by atoms with E-state index >= 15 is 0 Å². The van der Waals surface area contributed by atoms with Crippen LogP contribution in [-0.4, -0.2) is 47.1 Å². The van der Waals surface area contributed by atoms with Crippen LogP contribution in [0.3, 0.4) is 0 Å². The lowest BCUT2D eigenvalue weighted by atomic mass is 9.97. The molecule has 1 unspecified atom stereocenters. The van der Waals surface area contributed by atoms with Gasteiger partial charge in [-0.05, 0) is 37.8 Å². The van der Waals surface area contributed by atoms with E-state index in [9.17, 15) is 0 Å². The van der Waals surface area contributed by atoms with E-state index in [0.29, 0.717) is 17.4 Å². The molecule has 0 aliphatic carbocycles. The van der Waals surface area contributed by atoms with E-state index in [2.05, 4.69) is 37.8 Å². The Labute approximate surface area is 158 Å². The monoisotopic (exact) mass is 367 g/mol. The quantitative estimate of drug-likeness (QED) is 0.690. The Balaban J connectivity index is 1.64. The SMILES string of the molecule is COc1cc2cnnc(N3CCCC(Cn4ccnc4C)C3)c2cc1OC. The van der Waals surface area contributed by atoms with Gasteiger partial charge in [-0.1, -0.05) is 0 Å². The third-order valence-electron chi connectivity index (χ3n) is 5.34. The molecule has 7 nitrogen and oxygen atoms in total. The summed E-state index contributed by atoms with van der Waals surface area (Å²) >= 11 is 0. The summed E-state index contributed by atoms with van der Waals surface area (Å²) in [7, 11) is 3.30. The first-order valence-corrected chi connectivity index (χ1v) is 9.29. The molecule has 27 heavy (non-hydrogen) atoms. The van der Waals surface area contributed by atoms with Crippen LogP contribution in [0.2, 0.25) is 0 Å². The van der Waals surface area contributed by atoms with E-state index in [4.69, 9.17) is 9.47 Å². The number of rotatable bonds is 5. The molecule has 0 amide bonds. The highest BCUT2D eigenvalue weighted by Crippen LogP contribution is 2.36. The Bertz CT molecular complexity index is 939. The summed E-state index contributed by atoms with van der Waals surface area (Å²) in [6, 6.07) is 3.96. The molecule has 3 heterocycles. The van der Waals surface area contributed by atoms with Gasteiger partial charge < -0.3 is 18.9 Å². The van der Waals surface area contributed by atoms with Crippen LogP contribution in [0.5, 0.6) is 11.5 Å². The van der Waals surface area contributed by atoms with Crippen molar-refractivity contribution in [2.75, 3.05) is 32.2 Å². The maximum absolute atomic E-state index is 5.49. The number of ether oxygens (including phenoxy) is 2. The molecule has 1 aliphatic heterocycles. The van der Waals surface area contributed by atoms with Gasteiger partial charge in [0.2, 0.25) is 0 Å². The molecule has 1 atom stereocenters. The first-order valence-electron chi connectivity index (χ1n) is 9.29. The molecule has 0 saturated carbocycles. The molecule has 1 aliphatic rings. The average Bonchev–Trinajstić information content (AvgIpc) is 3.11. The highest BCUT2D eigenvalue weighted by molar-refractivity contribution is 5.94. The number of hydrogen-bond acceptors (Lipinski definition) is 6. The van der Waals surface area contributed by atoms with Crippen molar-refractivity contribution in [2.45, 2.75) is 26.3 Å². The molecule has 2 aromatic heterocycles. The maximum atomic E-state index is 5.49. The van der Waals surface area contributed by atoms with Crippen LogP contribution in [0.4, 0.5) is 5.82 Å². The minimum atomic E-state index is 0.559. The Hall–Kier alpha value is -2.83. The van der Waals surface area contributed by atoms with Gasteiger partial charge >= 0.3 is 0 Å². The highest BCUT2D eigenvalue weighted by Gasteiger charge is 2.24. The number of anilines is 1. The molecule has 1 saturated heterocycles. The topological polar surface area (TPSA) is 65.3 Å². The minimum absolute atomic E-state index is 0.559. The standard InChI is InChI=1S/C20H25N5O2/c1-14-21-6-8-24(14)12-15-5-4-7-25(13-15)20-17-10-19(27-3)18(26-2)9-16(17)11-22-23-20/h6,8-11,15H,4-5,7,12-13H2,1-3H3. The zero-order valence-electron chi connectivity index (χ0n) is 16.1. The molecule has 1 aromatic carbocycles. The van der Waals surface area contributed by atoms with Crippen LogP contribution >= 0.6 is 0 Å². The third-order valence-corrected chi connectivity index (χ3v) is 5.34. The molecular formula is C20H25N5O2. The predicted molar refractivity (Wildman–Crippen MR) is 105 cm³/mol. The van der Waals surface area contributed by atoms with Crippen molar-refractivity contribution in [3.63, 3.8) is 0 Å². The van der Waals surface area contributed by atoms with Crippen molar-refractivity contribution in [1.29, 1.82) is 0 Å². The number of aryl methyl sites for hydroxylation is 1. The van der Waals surface area contributed by atoms with Crippen LogP contribution in [-0.2, 0) is 6.54 Å².